The summed E-state index contributed by atoms with van der Waals surface area (Å²) in [5.74, 6) is 6.03. The van der Waals surface area contributed by atoms with Crippen LogP contribution in [0.1, 0.15) is 24.8 Å². The molecule has 11 nitrogen and oxygen atoms in total. The number of aromatic nitrogens is 3. The van der Waals surface area contributed by atoms with Crippen LogP contribution in [-0.2, 0) is 14.3 Å². The first-order valence-electron chi connectivity index (χ1n) is 12.6. The number of carbonyl (C=O) groups excluding carboxylic acids is 2. The van der Waals surface area contributed by atoms with Gasteiger partial charge in [-0.25, -0.2) is 9.97 Å². The summed E-state index contributed by atoms with van der Waals surface area (Å²) in [6, 6.07) is 2.79. The summed E-state index contributed by atoms with van der Waals surface area (Å²) in [4.78, 5) is 39.9. The van der Waals surface area contributed by atoms with E-state index in [0.717, 1.165) is 6.42 Å². The van der Waals surface area contributed by atoms with Crippen LogP contribution in [0.25, 0.3) is 0 Å². The molecule has 0 aliphatic rings. The van der Waals surface area contributed by atoms with Gasteiger partial charge in [0.05, 0.1) is 30.2 Å². The van der Waals surface area contributed by atoms with Crippen molar-refractivity contribution in [2.45, 2.75) is 19.3 Å². The normalized spacial score (nSPS) is 10.7. The molecule has 210 valence electrons. The predicted octanol–water partition coefficient (Wildman–Crippen LogP) is 2.03. The topological polar surface area (TPSA) is 125 Å². The van der Waals surface area contributed by atoms with Gasteiger partial charge in [0, 0.05) is 52.9 Å². The van der Waals surface area contributed by atoms with E-state index in [0.29, 0.717) is 62.1 Å². The average Bonchev–Trinajstić information content (AvgIpc) is 2.90. The van der Waals surface area contributed by atoms with Gasteiger partial charge in [0.2, 0.25) is 23.7 Å². The summed E-state index contributed by atoms with van der Waals surface area (Å²) in [5.41, 5.74) is 1.18. The van der Waals surface area contributed by atoms with E-state index in [1.807, 2.05) is 19.0 Å². The molecule has 0 radical (unpaired) electrons. The van der Waals surface area contributed by atoms with Gasteiger partial charge in [0.15, 0.2) is 0 Å². The average molecular weight is 541 g/mol. The number of nitrogens with one attached hydrogen (secondary N) is 3. The fourth-order valence-electron chi connectivity index (χ4n) is 3.07. The van der Waals surface area contributed by atoms with E-state index in [1.54, 1.807) is 32.5 Å². The zero-order valence-electron chi connectivity index (χ0n) is 23.0. The Kier molecular flexibility index (Phi) is 13.9. The largest absolute Gasteiger partial charge is 0.385 e. The monoisotopic (exact) mass is 540 g/mol. The number of likely N-dealkylation sites (N-methyl/N-ethyl adjacent to an activating group) is 2. The summed E-state index contributed by atoms with van der Waals surface area (Å²) in [5, 5.41) is 9.05. The lowest BCUT2D eigenvalue weighted by Gasteiger charge is -2.14. The maximum Gasteiger partial charge on any atom is 0.246 e. The summed E-state index contributed by atoms with van der Waals surface area (Å²) in [7, 11) is 7.06. The van der Waals surface area contributed by atoms with E-state index in [-0.39, 0.29) is 18.4 Å². The minimum Gasteiger partial charge on any atom is -0.385 e. The summed E-state index contributed by atoms with van der Waals surface area (Å²) in [6.45, 7) is 2.32. The molecule has 0 aliphatic carbocycles. The molecule has 0 saturated carbocycles. The first kappa shape index (κ1) is 31.1. The van der Waals surface area contributed by atoms with Crippen molar-refractivity contribution in [2.24, 2.45) is 0 Å². The molecule has 3 N–H and O–H groups in total. The highest BCUT2D eigenvalue weighted by molar-refractivity contribution is 5.91. The lowest BCUT2D eigenvalue weighted by molar-refractivity contribution is -0.131. The second-order valence-corrected chi connectivity index (χ2v) is 8.84. The van der Waals surface area contributed by atoms with Crippen LogP contribution in [-0.4, -0.2) is 97.6 Å². The van der Waals surface area contributed by atoms with Gasteiger partial charge in [-0.15, -0.1) is 0 Å². The van der Waals surface area contributed by atoms with Crippen LogP contribution in [0.2, 0.25) is 0 Å². The van der Waals surface area contributed by atoms with Gasteiger partial charge in [0.25, 0.3) is 0 Å². The number of hydrogen-bond donors (Lipinski definition) is 3. The molecule has 0 saturated heterocycles. The smallest absolute Gasteiger partial charge is 0.246 e. The van der Waals surface area contributed by atoms with Gasteiger partial charge in [-0.05, 0) is 39.1 Å². The zero-order chi connectivity index (χ0) is 28.5. The third kappa shape index (κ3) is 12.8. The lowest BCUT2D eigenvalue weighted by Crippen LogP contribution is -2.38. The number of carbonyl (C=O) groups is 2. The molecule has 2 heterocycles. The Hall–Kier alpha value is -4.08. The summed E-state index contributed by atoms with van der Waals surface area (Å²) >= 11 is 0. The van der Waals surface area contributed by atoms with Crippen molar-refractivity contribution in [3.8, 4) is 11.8 Å². The fraction of sp³-hybridized carbons (Fsp3) is 0.444. The van der Waals surface area contributed by atoms with Gasteiger partial charge in [0.1, 0.15) is 5.82 Å². The van der Waals surface area contributed by atoms with Crippen LogP contribution < -0.4 is 16.0 Å². The number of ether oxygens (including phenoxy) is 1. The standard InChI is InChI=1S/C27H37FN8O3/c1-35(2)16-8-11-25(38)36(3)20-24(37)29-14-7-5-6-10-21-18-32-27(33-22-12-13-23(28)31-19-22)34-26(21)30-15-9-17-39-4/h8,11-13,18-19H,5,7,9,14-17,20H2,1-4H3,(H,29,37)(H2,30,32,33,34)/b11-8+. The van der Waals surface area contributed by atoms with Crippen LogP contribution in [0.4, 0.5) is 21.8 Å². The Balaban J connectivity index is 1.86. The maximum absolute atomic E-state index is 13.1. The highest BCUT2D eigenvalue weighted by Crippen LogP contribution is 2.17. The van der Waals surface area contributed by atoms with Crippen molar-refractivity contribution in [1.82, 2.24) is 30.1 Å². The molecule has 0 aromatic carbocycles. The number of halogens is 1. The van der Waals surface area contributed by atoms with Crippen molar-refractivity contribution >= 4 is 29.3 Å². The van der Waals surface area contributed by atoms with Gasteiger partial charge >= 0.3 is 0 Å². The molecule has 12 heteroatoms. The van der Waals surface area contributed by atoms with Gasteiger partial charge < -0.3 is 30.5 Å². The molecular formula is C27H37FN8O3. The number of methoxy groups -OCH3 is 1. The molecule has 2 rings (SSSR count). The highest BCUT2D eigenvalue weighted by atomic mass is 19.1. The Morgan fingerprint density at radius 3 is 2.67 bits per heavy atom. The van der Waals surface area contributed by atoms with Crippen LogP contribution >= 0.6 is 0 Å². The molecule has 2 amide bonds. The van der Waals surface area contributed by atoms with Gasteiger partial charge in [-0.2, -0.15) is 9.37 Å². The number of amides is 2. The van der Waals surface area contributed by atoms with E-state index >= 15 is 0 Å². The molecule has 0 bridgehead atoms. The summed E-state index contributed by atoms with van der Waals surface area (Å²) in [6.07, 6.45) is 8.17. The predicted molar refractivity (Wildman–Crippen MR) is 149 cm³/mol. The molecule has 0 spiro atoms. The van der Waals surface area contributed by atoms with Crippen LogP contribution in [0.3, 0.4) is 0 Å². The maximum atomic E-state index is 13.1. The Labute approximate surface area is 229 Å². The summed E-state index contributed by atoms with van der Waals surface area (Å²) < 4.78 is 18.2. The quantitative estimate of drug-likeness (QED) is 0.135. The zero-order valence-corrected chi connectivity index (χ0v) is 23.0. The second kappa shape index (κ2) is 17.4. The lowest BCUT2D eigenvalue weighted by atomic mass is 10.2. The van der Waals surface area contributed by atoms with Crippen molar-refractivity contribution in [3.05, 3.63) is 48.2 Å². The van der Waals surface area contributed by atoms with Crippen molar-refractivity contribution in [1.29, 1.82) is 0 Å². The first-order valence-corrected chi connectivity index (χ1v) is 12.6. The molecule has 0 atom stereocenters. The molecule has 2 aromatic rings. The molecule has 0 fully saturated rings. The number of nitrogens with zero attached hydrogens (tertiary/aromatic N) is 5. The third-order valence-corrected chi connectivity index (χ3v) is 5.10. The molecule has 0 unspecified atom stereocenters. The van der Waals surface area contributed by atoms with E-state index in [1.165, 1.54) is 23.2 Å². The van der Waals surface area contributed by atoms with E-state index in [4.69, 9.17) is 4.74 Å². The molecule has 2 aromatic heterocycles. The van der Waals surface area contributed by atoms with Gasteiger partial charge in [-0.3, -0.25) is 9.59 Å². The Morgan fingerprint density at radius 2 is 1.95 bits per heavy atom. The van der Waals surface area contributed by atoms with Crippen LogP contribution in [0.15, 0.2) is 36.7 Å². The van der Waals surface area contributed by atoms with Crippen molar-refractivity contribution < 1.29 is 18.7 Å². The van der Waals surface area contributed by atoms with Crippen molar-refractivity contribution in [3.63, 3.8) is 0 Å². The van der Waals surface area contributed by atoms with E-state index in [2.05, 4.69) is 42.7 Å². The van der Waals surface area contributed by atoms with Crippen LogP contribution in [0.5, 0.6) is 0 Å². The molecule has 0 aliphatic heterocycles. The minimum absolute atomic E-state index is 0.0133. The highest BCUT2D eigenvalue weighted by Gasteiger charge is 2.10. The van der Waals surface area contributed by atoms with Crippen molar-refractivity contribution in [2.75, 3.05) is 71.7 Å². The minimum atomic E-state index is -0.571. The molecular weight excluding hydrogens is 503 g/mol. The number of unbranched alkanes of at least 4 members (excludes halogenated alkanes) is 1. The van der Waals surface area contributed by atoms with Gasteiger partial charge in [-0.1, -0.05) is 17.9 Å². The Morgan fingerprint density at radius 1 is 1.13 bits per heavy atom. The SMILES string of the molecule is COCCCNc1nc(Nc2ccc(F)nc2)ncc1C#CCCCNC(=O)CN(C)C(=O)/C=C/CN(C)C. The fourth-order valence-corrected chi connectivity index (χ4v) is 3.07. The number of anilines is 3. The number of pyridine rings is 1. The third-order valence-electron chi connectivity index (χ3n) is 5.10. The second-order valence-electron chi connectivity index (χ2n) is 8.84. The van der Waals surface area contributed by atoms with E-state index < -0.39 is 5.95 Å². The molecule has 39 heavy (non-hydrogen) atoms. The number of rotatable bonds is 15. The van der Waals surface area contributed by atoms with Crippen LogP contribution in [0, 0.1) is 17.8 Å². The number of hydrogen-bond acceptors (Lipinski definition) is 9. The van der Waals surface area contributed by atoms with E-state index in [9.17, 15) is 14.0 Å². The Bertz CT molecular complexity index is 1150. The first-order chi connectivity index (χ1) is 18.8.